The minimum atomic E-state index is 1.04. The highest BCUT2D eigenvalue weighted by Gasteiger charge is 2.16. The van der Waals surface area contributed by atoms with Crippen LogP contribution in [0.3, 0.4) is 0 Å². The fourth-order valence-corrected chi connectivity index (χ4v) is 4.50. The van der Waals surface area contributed by atoms with E-state index in [1.165, 1.54) is 49.0 Å². The van der Waals surface area contributed by atoms with Crippen molar-refractivity contribution in [3.63, 3.8) is 0 Å². The lowest BCUT2D eigenvalue weighted by Crippen LogP contribution is -1.92. The van der Waals surface area contributed by atoms with Crippen LogP contribution in [-0.4, -0.2) is 4.98 Å². The molecule has 0 N–H and O–H groups in total. The van der Waals surface area contributed by atoms with Gasteiger partial charge in [0.2, 0.25) is 0 Å². The standard InChI is InChI=1S/C28H19N/c1-18-10-12-21(13-11-18)26-27-22-8-4-2-6-19(22)14-16-24(27)29-25-17-15-20-7-3-5-9-23(20)28(25)26/h2-17H,1H3. The maximum atomic E-state index is 5.08. The van der Waals surface area contributed by atoms with E-state index in [2.05, 4.69) is 104 Å². The van der Waals surface area contributed by atoms with Gasteiger partial charge in [0.25, 0.3) is 0 Å². The second kappa shape index (κ2) is 6.15. The first-order chi connectivity index (χ1) is 14.3. The zero-order valence-corrected chi connectivity index (χ0v) is 16.2. The van der Waals surface area contributed by atoms with E-state index >= 15 is 0 Å². The van der Waals surface area contributed by atoms with Gasteiger partial charge in [-0.1, -0.05) is 90.5 Å². The van der Waals surface area contributed by atoms with Gasteiger partial charge < -0.3 is 0 Å². The van der Waals surface area contributed by atoms with Gasteiger partial charge in [-0.2, -0.15) is 0 Å². The Morgan fingerprint density at radius 1 is 0.517 bits per heavy atom. The van der Waals surface area contributed by atoms with Gasteiger partial charge in [0.1, 0.15) is 0 Å². The van der Waals surface area contributed by atoms with Crippen molar-refractivity contribution in [2.75, 3.05) is 0 Å². The maximum absolute atomic E-state index is 5.08. The topological polar surface area (TPSA) is 12.9 Å². The summed E-state index contributed by atoms with van der Waals surface area (Å²) in [6.45, 7) is 2.14. The fraction of sp³-hybridized carbons (Fsp3) is 0.0357. The summed E-state index contributed by atoms with van der Waals surface area (Å²) in [6.07, 6.45) is 0. The minimum Gasteiger partial charge on any atom is -0.248 e. The highest BCUT2D eigenvalue weighted by atomic mass is 14.7. The molecule has 0 saturated heterocycles. The largest absolute Gasteiger partial charge is 0.248 e. The second-order valence-corrected chi connectivity index (χ2v) is 7.71. The third-order valence-electron chi connectivity index (χ3n) is 5.90. The quantitative estimate of drug-likeness (QED) is 0.214. The van der Waals surface area contributed by atoms with E-state index in [-0.39, 0.29) is 0 Å². The molecule has 0 aliphatic carbocycles. The highest BCUT2D eigenvalue weighted by Crippen LogP contribution is 2.41. The molecule has 0 fully saturated rings. The normalized spacial score (nSPS) is 11.6. The molecule has 1 heterocycles. The van der Waals surface area contributed by atoms with Crippen molar-refractivity contribution in [1.82, 2.24) is 4.98 Å². The van der Waals surface area contributed by atoms with Gasteiger partial charge in [-0.15, -0.1) is 0 Å². The average molecular weight is 369 g/mol. The van der Waals surface area contributed by atoms with Gasteiger partial charge in [0.05, 0.1) is 11.0 Å². The summed E-state index contributed by atoms with van der Waals surface area (Å²) in [6, 6.07) is 34.8. The predicted octanol–water partition coefficient (Wildman–Crippen LogP) is 7.67. The molecule has 0 aliphatic rings. The molecule has 0 amide bonds. The van der Waals surface area contributed by atoms with E-state index < -0.39 is 0 Å². The second-order valence-electron chi connectivity index (χ2n) is 7.71. The molecule has 136 valence electrons. The van der Waals surface area contributed by atoms with Gasteiger partial charge in [0.15, 0.2) is 0 Å². The molecule has 29 heavy (non-hydrogen) atoms. The van der Waals surface area contributed by atoms with Crippen molar-refractivity contribution < 1.29 is 0 Å². The molecule has 0 radical (unpaired) electrons. The predicted molar refractivity (Wildman–Crippen MR) is 124 cm³/mol. The lowest BCUT2D eigenvalue weighted by Gasteiger charge is -2.15. The van der Waals surface area contributed by atoms with Crippen LogP contribution >= 0.6 is 0 Å². The lowest BCUT2D eigenvalue weighted by molar-refractivity contribution is 1.47. The fourth-order valence-electron chi connectivity index (χ4n) is 4.50. The Balaban J connectivity index is 1.94. The summed E-state index contributed by atoms with van der Waals surface area (Å²) in [4.78, 5) is 5.08. The molecule has 6 rings (SSSR count). The van der Waals surface area contributed by atoms with E-state index in [4.69, 9.17) is 4.98 Å². The van der Waals surface area contributed by atoms with E-state index in [1.807, 2.05) is 0 Å². The average Bonchev–Trinajstić information content (AvgIpc) is 2.78. The van der Waals surface area contributed by atoms with Crippen molar-refractivity contribution in [3.8, 4) is 11.1 Å². The Morgan fingerprint density at radius 2 is 1.03 bits per heavy atom. The number of hydrogen-bond acceptors (Lipinski definition) is 1. The molecule has 1 nitrogen and oxygen atoms in total. The molecular formula is C28H19N. The van der Waals surface area contributed by atoms with Gasteiger partial charge in [-0.3, -0.25) is 0 Å². The van der Waals surface area contributed by atoms with Crippen molar-refractivity contribution in [2.45, 2.75) is 6.92 Å². The molecule has 5 aromatic carbocycles. The van der Waals surface area contributed by atoms with Crippen LogP contribution in [0.5, 0.6) is 0 Å². The number of rotatable bonds is 1. The van der Waals surface area contributed by atoms with Crippen LogP contribution in [-0.2, 0) is 0 Å². The Labute approximate surface area is 169 Å². The number of nitrogens with zero attached hydrogens (tertiary/aromatic N) is 1. The lowest BCUT2D eigenvalue weighted by atomic mass is 9.90. The van der Waals surface area contributed by atoms with Crippen molar-refractivity contribution >= 4 is 43.4 Å². The van der Waals surface area contributed by atoms with Crippen LogP contribution in [0.15, 0.2) is 97.1 Å². The molecule has 1 heteroatoms. The van der Waals surface area contributed by atoms with Gasteiger partial charge >= 0.3 is 0 Å². The molecule has 0 spiro atoms. The maximum Gasteiger partial charge on any atom is 0.0722 e. The van der Waals surface area contributed by atoms with E-state index in [9.17, 15) is 0 Å². The Hall–Kier alpha value is -3.71. The summed E-state index contributed by atoms with van der Waals surface area (Å²) >= 11 is 0. The van der Waals surface area contributed by atoms with Crippen LogP contribution in [0, 0.1) is 6.92 Å². The smallest absolute Gasteiger partial charge is 0.0722 e. The Morgan fingerprint density at radius 3 is 1.59 bits per heavy atom. The molecule has 0 atom stereocenters. The first-order valence-electron chi connectivity index (χ1n) is 9.99. The summed E-state index contributed by atoms with van der Waals surface area (Å²) < 4.78 is 0. The van der Waals surface area contributed by atoms with Crippen molar-refractivity contribution in [3.05, 3.63) is 103 Å². The zero-order valence-electron chi connectivity index (χ0n) is 16.2. The van der Waals surface area contributed by atoms with Gasteiger partial charge in [-0.05, 0) is 46.2 Å². The Kier molecular flexibility index (Phi) is 3.45. The molecule has 0 bridgehead atoms. The van der Waals surface area contributed by atoms with Crippen LogP contribution < -0.4 is 0 Å². The van der Waals surface area contributed by atoms with Crippen molar-refractivity contribution in [2.24, 2.45) is 0 Å². The van der Waals surface area contributed by atoms with Crippen LogP contribution in [0.1, 0.15) is 5.56 Å². The first kappa shape index (κ1) is 16.3. The van der Waals surface area contributed by atoms with E-state index in [0.717, 1.165) is 11.0 Å². The summed E-state index contributed by atoms with van der Waals surface area (Å²) in [5.74, 6) is 0. The van der Waals surface area contributed by atoms with E-state index in [1.54, 1.807) is 0 Å². The molecule has 1 aromatic heterocycles. The zero-order chi connectivity index (χ0) is 19.4. The minimum absolute atomic E-state index is 1.04. The molecule has 0 saturated carbocycles. The van der Waals surface area contributed by atoms with Crippen LogP contribution in [0.25, 0.3) is 54.5 Å². The highest BCUT2D eigenvalue weighted by molar-refractivity contribution is 6.25. The molecule has 0 unspecified atom stereocenters. The summed E-state index contributed by atoms with van der Waals surface area (Å²) in [5.41, 5.74) is 5.87. The Bertz CT molecular complexity index is 1450. The number of hydrogen-bond donors (Lipinski definition) is 0. The first-order valence-corrected chi connectivity index (χ1v) is 9.99. The summed E-state index contributed by atoms with van der Waals surface area (Å²) in [5, 5.41) is 7.46. The number of aryl methyl sites for hydroxylation is 1. The number of aromatic nitrogens is 1. The molecule has 0 aliphatic heterocycles. The third-order valence-corrected chi connectivity index (χ3v) is 5.90. The third kappa shape index (κ3) is 2.44. The van der Waals surface area contributed by atoms with Gasteiger partial charge in [-0.25, -0.2) is 4.98 Å². The molecular weight excluding hydrogens is 350 g/mol. The number of pyridine rings is 1. The van der Waals surface area contributed by atoms with E-state index in [0.29, 0.717) is 0 Å². The van der Waals surface area contributed by atoms with Gasteiger partial charge in [0, 0.05) is 16.3 Å². The molecule has 6 aromatic rings. The van der Waals surface area contributed by atoms with Crippen LogP contribution in [0.2, 0.25) is 0 Å². The monoisotopic (exact) mass is 369 g/mol. The number of fused-ring (bicyclic) bond motifs is 6. The SMILES string of the molecule is Cc1ccc(-c2c3c(ccc4ccccc43)nc3ccc4ccccc4c23)cc1. The number of benzene rings is 5. The van der Waals surface area contributed by atoms with Crippen molar-refractivity contribution in [1.29, 1.82) is 0 Å². The summed E-state index contributed by atoms with van der Waals surface area (Å²) in [7, 11) is 0. The van der Waals surface area contributed by atoms with Crippen LogP contribution in [0.4, 0.5) is 0 Å².